The van der Waals surface area contributed by atoms with Gasteiger partial charge in [-0.15, -0.1) is 11.6 Å². The number of esters is 1. The topological polar surface area (TPSA) is 59.5 Å². The summed E-state index contributed by atoms with van der Waals surface area (Å²) in [4.78, 5) is 30.9. The standard InChI is InChI=1S/C26H22ClF3N2O3/c1-35-25(34)23(16-27)32(17-19-5-10-20(11-6-19)22-4-2-3-15-31-22)24(33)14-9-18-7-12-21(13-8-18)26(28,29)30/h2-15,23H,16-17H2,1H3. The number of hydrogen-bond acceptors (Lipinski definition) is 4. The van der Waals surface area contributed by atoms with Crippen LogP contribution in [0.15, 0.2) is 79.0 Å². The molecule has 1 aromatic heterocycles. The zero-order valence-electron chi connectivity index (χ0n) is 18.7. The fraction of sp³-hybridized carbons (Fsp3) is 0.192. The molecule has 0 aliphatic rings. The van der Waals surface area contributed by atoms with Crippen molar-refractivity contribution in [3.63, 3.8) is 0 Å². The highest BCUT2D eigenvalue weighted by Gasteiger charge is 2.30. The van der Waals surface area contributed by atoms with E-state index in [-0.39, 0.29) is 12.4 Å². The van der Waals surface area contributed by atoms with Crippen molar-refractivity contribution in [3.8, 4) is 11.3 Å². The predicted molar refractivity (Wildman–Crippen MR) is 127 cm³/mol. The van der Waals surface area contributed by atoms with Crippen molar-refractivity contribution in [1.29, 1.82) is 0 Å². The summed E-state index contributed by atoms with van der Waals surface area (Å²) in [6.45, 7) is 0.0607. The van der Waals surface area contributed by atoms with E-state index in [0.717, 1.165) is 29.0 Å². The number of hydrogen-bond donors (Lipinski definition) is 0. The predicted octanol–water partition coefficient (Wildman–Crippen LogP) is 5.59. The van der Waals surface area contributed by atoms with E-state index >= 15 is 0 Å². The molecule has 0 spiro atoms. The average molecular weight is 503 g/mol. The normalized spacial score (nSPS) is 12.4. The van der Waals surface area contributed by atoms with E-state index in [1.165, 1.54) is 36.3 Å². The van der Waals surface area contributed by atoms with Crippen LogP contribution in [0.25, 0.3) is 17.3 Å². The van der Waals surface area contributed by atoms with Crippen LogP contribution in [0.2, 0.25) is 0 Å². The Labute approximate surface area is 205 Å². The highest BCUT2D eigenvalue weighted by Crippen LogP contribution is 2.29. The molecule has 35 heavy (non-hydrogen) atoms. The van der Waals surface area contributed by atoms with Gasteiger partial charge in [0, 0.05) is 24.4 Å². The molecule has 1 heterocycles. The largest absolute Gasteiger partial charge is 0.467 e. The van der Waals surface area contributed by atoms with Gasteiger partial charge in [-0.3, -0.25) is 9.78 Å². The second-order valence-corrected chi connectivity index (χ2v) is 7.83. The molecule has 0 N–H and O–H groups in total. The lowest BCUT2D eigenvalue weighted by atomic mass is 10.1. The molecule has 0 fully saturated rings. The van der Waals surface area contributed by atoms with Gasteiger partial charge in [-0.2, -0.15) is 13.2 Å². The van der Waals surface area contributed by atoms with Crippen LogP contribution in [0.1, 0.15) is 16.7 Å². The maximum atomic E-state index is 13.0. The van der Waals surface area contributed by atoms with Crippen LogP contribution in [-0.4, -0.2) is 40.8 Å². The minimum absolute atomic E-state index is 0.0607. The number of rotatable bonds is 8. The molecule has 1 unspecified atom stereocenters. The molecule has 5 nitrogen and oxygen atoms in total. The van der Waals surface area contributed by atoms with E-state index < -0.39 is 29.7 Å². The Kier molecular flexibility index (Phi) is 8.65. The zero-order chi connectivity index (χ0) is 25.4. The van der Waals surface area contributed by atoms with Crippen LogP contribution >= 0.6 is 11.6 Å². The Morgan fingerprint density at radius 1 is 1.06 bits per heavy atom. The van der Waals surface area contributed by atoms with Crippen molar-refractivity contribution in [1.82, 2.24) is 9.88 Å². The van der Waals surface area contributed by atoms with Gasteiger partial charge >= 0.3 is 12.1 Å². The molecular weight excluding hydrogens is 481 g/mol. The Hall–Kier alpha value is -3.65. The van der Waals surface area contributed by atoms with Crippen molar-refractivity contribution in [2.75, 3.05) is 13.0 Å². The number of pyridine rings is 1. The van der Waals surface area contributed by atoms with Gasteiger partial charge < -0.3 is 9.64 Å². The molecular formula is C26H22ClF3N2O3. The maximum absolute atomic E-state index is 13.0. The number of carbonyl (C=O) groups is 2. The summed E-state index contributed by atoms with van der Waals surface area (Å²) < 4.78 is 43.1. The fourth-order valence-electron chi connectivity index (χ4n) is 3.31. The van der Waals surface area contributed by atoms with Crippen LogP contribution in [0.3, 0.4) is 0 Å². The van der Waals surface area contributed by atoms with Gasteiger partial charge in [0.25, 0.3) is 0 Å². The lowest BCUT2D eigenvalue weighted by molar-refractivity contribution is -0.150. The lowest BCUT2D eigenvalue weighted by Crippen LogP contribution is -2.45. The van der Waals surface area contributed by atoms with Gasteiger partial charge in [0.05, 0.1) is 24.2 Å². The first kappa shape index (κ1) is 26.0. The summed E-state index contributed by atoms with van der Waals surface area (Å²) in [6, 6.07) is 16.2. The van der Waals surface area contributed by atoms with Gasteiger partial charge in [-0.25, -0.2) is 4.79 Å². The molecule has 0 aliphatic carbocycles. The van der Waals surface area contributed by atoms with Gasteiger partial charge in [0.2, 0.25) is 5.91 Å². The van der Waals surface area contributed by atoms with Crippen LogP contribution in [0.4, 0.5) is 13.2 Å². The van der Waals surface area contributed by atoms with E-state index in [1.807, 2.05) is 42.5 Å². The van der Waals surface area contributed by atoms with E-state index in [0.29, 0.717) is 5.56 Å². The van der Waals surface area contributed by atoms with Gasteiger partial charge in [-0.1, -0.05) is 42.5 Å². The van der Waals surface area contributed by atoms with E-state index in [4.69, 9.17) is 16.3 Å². The van der Waals surface area contributed by atoms with Crippen molar-refractivity contribution >= 4 is 29.6 Å². The van der Waals surface area contributed by atoms with E-state index in [9.17, 15) is 22.8 Å². The number of halogens is 4. The highest BCUT2D eigenvalue weighted by molar-refractivity contribution is 6.20. The van der Waals surface area contributed by atoms with Crippen LogP contribution in [0, 0.1) is 0 Å². The summed E-state index contributed by atoms with van der Waals surface area (Å²) in [6.07, 6.45) is -0.196. The Balaban J connectivity index is 1.82. The number of alkyl halides is 4. The molecule has 0 saturated heterocycles. The van der Waals surface area contributed by atoms with Gasteiger partial charge in [-0.05, 0) is 41.5 Å². The number of nitrogens with zero attached hydrogens (tertiary/aromatic N) is 2. The Morgan fingerprint density at radius 2 is 1.74 bits per heavy atom. The second kappa shape index (κ2) is 11.7. The minimum Gasteiger partial charge on any atom is -0.467 e. The molecule has 1 amide bonds. The van der Waals surface area contributed by atoms with Crippen LogP contribution in [-0.2, 0) is 27.0 Å². The third-order valence-electron chi connectivity index (χ3n) is 5.20. The summed E-state index contributed by atoms with van der Waals surface area (Å²) >= 11 is 6.00. The number of ether oxygens (including phenoxy) is 1. The molecule has 0 saturated carbocycles. The van der Waals surface area contributed by atoms with Crippen LogP contribution in [0.5, 0.6) is 0 Å². The number of aromatic nitrogens is 1. The van der Waals surface area contributed by atoms with Crippen molar-refractivity contribution in [3.05, 3.63) is 95.7 Å². The number of amides is 1. The molecule has 0 bridgehead atoms. The molecule has 3 aromatic rings. The quantitative estimate of drug-likeness (QED) is 0.229. The molecule has 1 atom stereocenters. The first-order valence-electron chi connectivity index (χ1n) is 10.5. The monoisotopic (exact) mass is 502 g/mol. The third-order valence-corrected chi connectivity index (χ3v) is 5.49. The van der Waals surface area contributed by atoms with Crippen molar-refractivity contribution in [2.24, 2.45) is 0 Å². The molecule has 2 aromatic carbocycles. The second-order valence-electron chi connectivity index (χ2n) is 7.52. The molecule has 182 valence electrons. The number of carbonyl (C=O) groups excluding carboxylic acids is 2. The summed E-state index contributed by atoms with van der Waals surface area (Å²) in [5, 5.41) is 0. The minimum atomic E-state index is -4.45. The summed E-state index contributed by atoms with van der Waals surface area (Å²) in [5.74, 6) is -1.42. The fourth-order valence-corrected chi connectivity index (χ4v) is 3.60. The van der Waals surface area contributed by atoms with E-state index in [1.54, 1.807) is 6.20 Å². The number of methoxy groups -OCH3 is 1. The zero-order valence-corrected chi connectivity index (χ0v) is 19.5. The molecule has 0 radical (unpaired) electrons. The van der Waals surface area contributed by atoms with Crippen molar-refractivity contribution in [2.45, 2.75) is 18.8 Å². The Morgan fingerprint density at radius 3 is 2.29 bits per heavy atom. The van der Waals surface area contributed by atoms with Crippen molar-refractivity contribution < 1.29 is 27.5 Å². The first-order valence-corrected chi connectivity index (χ1v) is 11.1. The summed E-state index contributed by atoms with van der Waals surface area (Å²) in [5.41, 5.74) is 2.02. The maximum Gasteiger partial charge on any atom is 0.416 e. The SMILES string of the molecule is COC(=O)C(CCl)N(Cc1ccc(-c2ccccn2)cc1)C(=O)C=Cc1ccc(C(F)(F)F)cc1. The smallest absolute Gasteiger partial charge is 0.416 e. The molecule has 9 heteroatoms. The average Bonchev–Trinajstić information content (AvgIpc) is 2.87. The summed E-state index contributed by atoms with van der Waals surface area (Å²) in [7, 11) is 1.20. The highest BCUT2D eigenvalue weighted by atomic mass is 35.5. The molecule has 0 aliphatic heterocycles. The van der Waals surface area contributed by atoms with Gasteiger partial charge in [0.1, 0.15) is 6.04 Å². The van der Waals surface area contributed by atoms with Crippen LogP contribution < -0.4 is 0 Å². The van der Waals surface area contributed by atoms with Gasteiger partial charge in [0.15, 0.2) is 0 Å². The Bertz CT molecular complexity index is 1170. The molecule has 3 rings (SSSR count). The lowest BCUT2D eigenvalue weighted by Gasteiger charge is -2.28. The third kappa shape index (κ3) is 6.93. The number of benzene rings is 2. The van der Waals surface area contributed by atoms with E-state index in [2.05, 4.69) is 4.98 Å². The first-order chi connectivity index (χ1) is 16.7.